The molecule has 3 N–H and O–H groups in total. The van der Waals surface area contributed by atoms with Gasteiger partial charge in [0.25, 0.3) is 0 Å². The molecule has 1 amide bonds. The van der Waals surface area contributed by atoms with Gasteiger partial charge in [-0.3, -0.25) is 9.79 Å². The molecule has 7 heteroatoms. The Hall–Kier alpha value is -1.38. The molecule has 0 spiro atoms. The van der Waals surface area contributed by atoms with E-state index in [4.69, 9.17) is 0 Å². The Kier molecular flexibility index (Phi) is 11.4. The Balaban J connectivity index is 0.00000484. The first-order chi connectivity index (χ1) is 10.5. The number of benzene rings is 1. The number of rotatable bonds is 7. The number of hydrogen-bond donors (Lipinski definition) is 3. The van der Waals surface area contributed by atoms with Crippen LogP contribution in [0.3, 0.4) is 0 Å². The van der Waals surface area contributed by atoms with Gasteiger partial charge in [0.2, 0.25) is 5.91 Å². The van der Waals surface area contributed by atoms with E-state index in [1.807, 2.05) is 13.8 Å². The van der Waals surface area contributed by atoms with Gasteiger partial charge in [0, 0.05) is 32.6 Å². The van der Waals surface area contributed by atoms with E-state index in [1.54, 1.807) is 19.2 Å². The second-order valence-corrected chi connectivity index (χ2v) is 5.25. The van der Waals surface area contributed by atoms with Crippen molar-refractivity contribution in [1.29, 1.82) is 0 Å². The molecule has 0 aliphatic rings. The maximum atomic E-state index is 12.8. The van der Waals surface area contributed by atoms with Crippen LogP contribution in [-0.4, -0.2) is 38.5 Å². The van der Waals surface area contributed by atoms with Gasteiger partial charge in [0.05, 0.1) is 0 Å². The molecule has 0 saturated heterocycles. The van der Waals surface area contributed by atoms with Gasteiger partial charge in [-0.2, -0.15) is 0 Å². The number of nitrogens with zero attached hydrogens (tertiary/aromatic N) is 1. The summed E-state index contributed by atoms with van der Waals surface area (Å²) >= 11 is 0. The van der Waals surface area contributed by atoms with E-state index >= 15 is 0 Å². The summed E-state index contributed by atoms with van der Waals surface area (Å²) in [4.78, 5) is 15.5. The summed E-state index contributed by atoms with van der Waals surface area (Å²) in [6.07, 6.45) is 0.783. The highest BCUT2D eigenvalue weighted by Crippen LogP contribution is 2.02. The first kappa shape index (κ1) is 21.6. The van der Waals surface area contributed by atoms with Crippen molar-refractivity contribution in [3.63, 3.8) is 0 Å². The zero-order valence-corrected chi connectivity index (χ0v) is 16.2. The van der Waals surface area contributed by atoms with Crippen LogP contribution in [0.25, 0.3) is 0 Å². The van der Waals surface area contributed by atoms with Crippen LogP contribution in [0.1, 0.15) is 19.4 Å². The van der Waals surface area contributed by atoms with E-state index in [2.05, 4.69) is 20.9 Å². The summed E-state index contributed by atoms with van der Waals surface area (Å²) in [6, 6.07) is 6.46. The monoisotopic (exact) mass is 436 g/mol. The minimum absolute atomic E-state index is 0. The van der Waals surface area contributed by atoms with Crippen LogP contribution in [0, 0.1) is 11.7 Å². The van der Waals surface area contributed by atoms with Crippen molar-refractivity contribution >= 4 is 35.8 Å². The Bertz CT molecular complexity index is 491. The standard InChI is InChI=1S/C16H25FN4O.HI/c1-12(2)15(22)19-10-11-21-16(18-3)20-9-8-13-4-6-14(17)7-5-13;/h4-7,12H,8-11H2,1-3H3,(H,19,22)(H2,18,20,21);1H. The number of guanidine groups is 1. The lowest BCUT2D eigenvalue weighted by Gasteiger charge is -2.13. The minimum atomic E-state index is -0.224. The first-order valence-corrected chi connectivity index (χ1v) is 7.49. The SMILES string of the molecule is CN=C(NCCNC(=O)C(C)C)NCCc1ccc(F)cc1.I. The number of carbonyl (C=O) groups excluding carboxylic acids is 1. The molecule has 0 bridgehead atoms. The summed E-state index contributed by atoms with van der Waals surface area (Å²) in [6.45, 7) is 5.57. The van der Waals surface area contributed by atoms with E-state index in [9.17, 15) is 9.18 Å². The lowest BCUT2D eigenvalue weighted by molar-refractivity contribution is -0.123. The molecule has 0 fully saturated rings. The molecule has 0 atom stereocenters. The Morgan fingerprint density at radius 2 is 1.65 bits per heavy atom. The van der Waals surface area contributed by atoms with Crippen molar-refractivity contribution in [2.24, 2.45) is 10.9 Å². The van der Waals surface area contributed by atoms with E-state index in [0.717, 1.165) is 12.0 Å². The first-order valence-electron chi connectivity index (χ1n) is 7.49. The van der Waals surface area contributed by atoms with E-state index in [0.29, 0.717) is 25.6 Å². The molecule has 0 aliphatic heterocycles. The summed E-state index contributed by atoms with van der Waals surface area (Å²) in [5.74, 6) is 0.493. The third-order valence-electron chi connectivity index (χ3n) is 3.08. The van der Waals surface area contributed by atoms with E-state index in [1.165, 1.54) is 12.1 Å². The van der Waals surface area contributed by atoms with Crippen molar-refractivity contribution < 1.29 is 9.18 Å². The molecule has 0 aromatic heterocycles. The fourth-order valence-electron chi connectivity index (χ4n) is 1.77. The highest BCUT2D eigenvalue weighted by molar-refractivity contribution is 14.0. The largest absolute Gasteiger partial charge is 0.356 e. The molecule has 5 nitrogen and oxygen atoms in total. The molecule has 0 aliphatic carbocycles. The van der Waals surface area contributed by atoms with Crippen LogP contribution >= 0.6 is 24.0 Å². The summed E-state index contributed by atoms with van der Waals surface area (Å²) in [7, 11) is 1.69. The van der Waals surface area contributed by atoms with Crippen LogP contribution in [0.2, 0.25) is 0 Å². The molecule has 1 rings (SSSR count). The van der Waals surface area contributed by atoms with Gasteiger partial charge >= 0.3 is 0 Å². The van der Waals surface area contributed by atoms with Gasteiger partial charge in [-0.05, 0) is 24.1 Å². The molecule has 130 valence electrons. The Labute approximate surface area is 154 Å². The van der Waals surface area contributed by atoms with Gasteiger partial charge in [0.15, 0.2) is 5.96 Å². The minimum Gasteiger partial charge on any atom is -0.356 e. The fourth-order valence-corrected chi connectivity index (χ4v) is 1.77. The second-order valence-electron chi connectivity index (χ2n) is 5.25. The maximum Gasteiger partial charge on any atom is 0.222 e. The maximum absolute atomic E-state index is 12.8. The molecule has 0 unspecified atom stereocenters. The molecule has 0 saturated carbocycles. The lowest BCUT2D eigenvalue weighted by Crippen LogP contribution is -2.42. The van der Waals surface area contributed by atoms with Gasteiger partial charge in [-0.1, -0.05) is 26.0 Å². The fraction of sp³-hybridized carbons (Fsp3) is 0.500. The number of halogens is 2. The topological polar surface area (TPSA) is 65.5 Å². The molecular weight excluding hydrogens is 410 g/mol. The van der Waals surface area contributed by atoms with Crippen molar-refractivity contribution in [1.82, 2.24) is 16.0 Å². The predicted molar refractivity (Wildman–Crippen MR) is 103 cm³/mol. The van der Waals surface area contributed by atoms with Gasteiger partial charge in [0.1, 0.15) is 5.82 Å². The van der Waals surface area contributed by atoms with Crippen LogP contribution in [0.4, 0.5) is 4.39 Å². The van der Waals surface area contributed by atoms with Crippen molar-refractivity contribution in [3.05, 3.63) is 35.6 Å². The molecule has 1 aromatic carbocycles. The zero-order chi connectivity index (χ0) is 16.4. The molecule has 23 heavy (non-hydrogen) atoms. The highest BCUT2D eigenvalue weighted by atomic mass is 127. The summed E-state index contributed by atoms with van der Waals surface area (Å²) in [5.41, 5.74) is 1.06. The quantitative estimate of drug-likeness (QED) is 0.265. The lowest BCUT2D eigenvalue weighted by atomic mass is 10.1. The molecular formula is C16H26FIN4O. The zero-order valence-electron chi connectivity index (χ0n) is 13.9. The predicted octanol–water partition coefficient (Wildman–Crippen LogP) is 1.92. The van der Waals surface area contributed by atoms with Crippen molar-refractivity contribution in [2.45, 2.75) is 20.3 Å². The third kappa shape index (κ3) is 9.37. The average molecular weight is 436 g/mol. The summed E-state index contributed by atoms with van der Waals surface area (Å²) in [5, 5.41) is 9.13. The van der Waals surface area contributed by atoms with Crippen molar-refractivity contribution in [2.75, 3.05) is 26.7 Å². The normalized spacial score (nSPS) is 10.9. The van der Waals surface area contributed by atoms with Crippen LogP contribution in [0.5, 0.6) is 0 Å². The van der Waals surface area contributed by atoms with Crippen LogP contribution in [-0.2, 0) is 11.2 Å². The second kappa shape index (κ2) is 12.1. The highest BCUT2D eigenvalue weighted by Gasteiger charge is 2.05. The van der Waals surface area contributed by atoms with Gasteiger partial charge < -0.3 is 16.0 Å². The smallest absolute Gasteiger partial charge is 0.222 e. The number of hydrogen-bond acceptors (Lipinski definition) is 2. The summed E-state index contributed by atoms with van der Waals surface area (Å²) < 4.78 is 12.8. The molecule has 1 aromatic rings. The number of carbonyl (C=O) groups is 1. The third-order valence-corrected chi connectivity index (χ3v) is 3.08. The number of nitrogens with one attached hydrogen (secondary N) is 3. The number of aliphatic imine (C=N–C) groups is 1. The van der Waals surface area contributed by atoms with E-state index < -0.39 is 0 Å². The number of amides is 1. The van der Waals surface area contributed by atoms with Gasteiger partial charge in [-0.25, -0.2) is 4.39 Å². The van der Waals surface area contributed by atoms with Crippen LogP contribution < -0.4 is 16.0 Å². The van der Waals surface area contributed by atoms with Crippen molar-refractivity contribution in [3.8, 4) is 0 Å². The molecule has 0 radical (unpaired) electrons. The van der Waals surface area contributed by atoms with Crippen LogP contribution in [0.15, 0.2) is 29.3 Å². The Morgan fingerprint density at radius 3 is 2.22 bits per heavy atom. The average Bonchev–Trinajstić information content (AvgIpc) is 2.51. The van der Waals surface area contributed by atoms with Gasteiger partial charge in [-0.15, -0.1) is 24.0 Å². The van der Waals surface area contributed by atoms with E-state index in [-0.39, 0.29) is 41.6 Å². The molecule has 0 heterocycles. The Morgan fingerprint density at radius 1 is 1.09 bits per heavy atom.